The zero-order valence-electron chi connectivity index (χ0n) is 14.3. The molecule has 0 amide bonds. The molecule has 2 nitrogen and oxygen atoms in total. The molecule has 0 spiro atoms. The van der Waals surface area contributed by atoms with Crippen LogP contribution in [0, 0.1) is 0 Å². The number of thioether (sulfide) groups is 1. The van der Waals surface area contributed by atoms with Crippen molar-refractivity contribution in [3.63, 3.8) is 0 Å². The molecular formula is C18H36O2S. The molecule has 3 heteroatoms. The molecule has 0 atom stereocenters. The molecule has 0 aromatic carbocycles. The van der Waals surface area contributed by atoms with Gasteiger partial charge in [-0.15, -0.1) is 0 Å². The van der Waals surface area contributed by atoms with Gasteiger partial charge in [-0.3, -0.25) is 4.79 Å². The number of hydrogen-bond acceptors (Lipinski definition) is 3. The monoisotopic (exact) mass is 316 g/mol. The van der Waals surface area contributed by atoms with Gasteiger partial charge >= 0.3 is 5.97 Å². The average molecular weight is 317 g/mol. The molecule has 0 aromatic rings. The normalized spacial score (nSPS) is 10.8. The van der Waals surface area contributed by atoms with Crippen LogP contribution >= 0.6 is 11.8 Å². The highest BCUT2D eigenvalue weighted by molar-refractivity contribution is 7.99. The first-order valence-electron chi connectivity index (χ1n) is 8.98. The fraction of sp³-hybridized carbons (Fsp3) is 0.944. The summed E-state index contributed by atoms with van der Waals surface area (Å²) in [5.74, 6) is 1.98. The molecule has 0 aromatic heterocycles. The van der Waals surface area contributed by atoms with Gasteiger partial charge in [-0.1, -0.05) is 77.6 Å². The van der Waals surface area contributed by atoms with Gasteiger partial charge in [0, 0.05) is 12.7 Å². The minimum atomic E-state index is -0.166. The standard InChI is InChI=1S/C18H36O2S/c1-3-4-5-6-7-8-9-10-11-12-13-14-16-21-17-15-20-18(2)19/h3-17H2,1-2H3. The Morgan fingerprint density at radius 1 is 0.762 bits per heavy atom. The van der Waals surface area contributed by atoms with E-state index in [-0.39, 0.29) is 5.97 Å². The van der Waals surface area contributed by atoms with Gasteiger partial charge in [0.15, 0.2) is 0 Å². The van der Waals surface area contributed by atoms with E-state index in [0.717, 1.165) is 5.75 Å². The maximum Gasteiger partial charge on any atom is 0.302 e. The van der Waals surface area contributed by atoms with Crippen LogP contribution in [0.3, 0.4) is 0 Å². The summed E-state index contributed by atoms with van der Waals surface area (Å²) in [6, 6.07) is 0. The zero-order chi connectivity index (χ0) is 15.6. The Bertz CT molecular complexity index is 219. The minimum Gasteiger partial charge on any atom is -0.465 e. The quantitative estimate of drug-likeness (QED) is 0.259. The summed E-state index contributed by atoms with van der Waals surface area (Å²) < 4.78 is 4.90. The smallest absolute Gasteiger partial charge is 0.302 e. The van der Waals surface area contributed by atoms with E-state index in [1.807, 2.05) is 11.8 Å². The Kier molecular flexibility index (Phi) is 17.7. The van der Waals surface area contributed by atoms with Crippen molar-refractivity contribution in [1.29, 1.82) is 0 Å². The van der Waals surface area contributed by atoms with Crippen molar-refractivity contribution in [2.24, 2.45) is 0 Å². The number of carbonyl (C=O) groups is 1. The third-order valence-electron chi connectivity index (χ3n) is 3.68. The van der Waals surface area contributed by atoms with Crippen molar-refractivity contribution < 1.29 is 9.53 Å². The van der Waals surface area contributed by atoms with Gasteiger partial charge in [-0.25, -0.2) is 0 Å². The maximum atomic E-state index is 10.6. The first-order chi connectivity index (χ1) is 10.3. The summed E-state index contributed by atoms with van der Waals surface area (Å²) >= 11 is 1.90. The molecule has 0 aliphatic heterocycles. The Morgan fingerprint density at radius 3 is 1.71 bits per heavy atom. The van der Waals surface area contributed by atoms with Crippen LogP contribution in [0.4, 0.5) is 0 Å². The van der Waals surface area contributed by atoms with Crippen LogP contribution in [0.2, 0.25) is 0 Å². The van der Waals surface area contributed by atoms with Gasteiger partial charge < -0.3 is 4.74 Å². The second kappa shape index (κ2) is 17.9. The topological polar surface area (TPSA) is 26.3 Å². The molecule has 0 saturated heterocycles. The van der Waals surface area contributed by atoms with Crippen molar-refractivity contribution in [3.8, 4) is 0 Å². The van der Waals surface area contributed by atoms with E-state index in [1.54, 1.807) is 0 Å². The van der Waals surface area contributed by atoms with Crippen molar-refractivity contribution in [3.05, 3.63) is 0 Å². The van der Waals surface area contributed by atoms with Crippen LogP contribution in [0.5, 0.6) is 0 Å². The second-order valence-corrected chi connectivity index (χ2v) is 7.07. The van der Waals surface area contributed by atoms with Gasteiger partial charge in [-0.05, 0) is 12.2 Å². The number of hydrogen-bond donors (Lipinski definition) is 0. The molecule has 0 unspecified atom stereocenters. The summed E-state index contributed by atoms with van der Waals surface area (Å²) in [6.07, 6.45) is 16.8. The average Bonchev–Trinajstić information content (AvgIpc) is 2.46. The van der Waals surface area contributed by atoms with Gasteiger partial charge in [0.2, 0.25) is 0 Å². The van der Waals surface area contributed by atoms with Crippen LogP contribution < -0.4 is 0 Å². The highest BCUT2D eigenvalue weighted by Crippen LogP contribution is 2.13. The van der Waals surface area contributed by atoms with E-state index < -0.39 is 0 Å². The van der Waals surface area contributed by atoms with Gasteiger partial charge in [0.1, 0.15) is 6.61 Å². The van der Waals surface area contributed by atoms with Crippen molar-refractivity contribution in [2.45, 2.75) is 90.9 Å². The molecule has 0 aliphatic carbocycles. The molecular weight excluding hydrogens is 280 g/mol. The molecule has 0 rings (SSSR count). The number of esters is 1. The SMILES string of the molecule is CCCCCCCCCCCCCCSCCOC(C)=O. The van der Waals surface area contributed by atoms with Crippen LogP contribution in [0.15, 0.2) is 0 Å². The molecule has 0 heterocycles. The summed E-state index contributed by atoms with van der Waals surface area (Å²) in [5.41, 5.74) is 0. The lowest BCUT2D eigenvalue weighted by Crippen LogP contribution is -2.02. The van der Waals surface area contributed by atoms with Crippen molar-refractivity contribution in [1.82, 2.24) is 0 Å². The summed E-state index contributed by atoms with van der Waals surface area (Å²) in [7, 11) is 0. The highest BCUT2D eigenvalue weighted by Gasteiger charge is 1.95. The van der Waals surface area contributed by atoms with Crippen LogP contribution in [0.1, 0.15) is 90.9 Å². The largest absolute Gasteiger partial charge is 0.465 e. The van der Waals surface area contributed by atoms with E-state index in [4.69, 9.17) is 4.74 Å². The first-order valence-corrected chi connectivity index (χ1v) is 10.1. The third kappa shape index (κ3) is 19.8. The number of ether oxygens (including phenoxy) is 1. The molecule has 0 aliphatic rings. The summed E-state index contributed by atoms with van der Waals surface area (Å²) in [4.78, 5) is 10.6. The number of rotatable bonds is 16. The second-order valence-electron chi connectivity index (χ2n) is 5.84. The van der Waals surface area contributed by atoms with E-state index in [9.17, 15) is 4.79 Å². The fourth-order valence-electron chi connectivity index (χ4n) is 2.39. The maximum absolute atomic E-state index is 10.6. The molecule has 0 saturated carbocycles. The lowest BCUT2D eigenvalue weighted by molar-refractivity contribution is -0.140. The predicted molar refractivity (Wildman–Crippen MR) is 95.0 cm³/mol. The zero-order valence-corrected chi connectivity index (χ0v) is 15.1. The molecule has 126 valence electrons. The Balaban J connectivity index is 2.95. The van der Waals surface area contributed by atoms with E-state index >= 15 is 0 Å². The minimum absolute atomic E-state index is 0.166. The summed E-state index contributed by atoms with van der Waals surface area (Å²) in [6.45, 7) is 4.31. The predicted octanol–water partition coefficient (Wildman–Crippen LogP) is 5.98. The lowest BCUT2D eigenvalue weighted by Gasteiger charge is -2.03. The van der Waals surface area contributed by atoms with Crippen LogP contribution in [0.25, 0.3) is 0 Å². The molecule has 0 radical (unpaired) electrons. The van der Waals surface area contributed by atoms with Crippen LogP contribution in [-0.4, -0.2) is 24.1 Å². The first kappa shape index (κ1) is 20.8. The molecule has 0 fully saturated rings. The molecule has 0 bridgehead atoms. The van der Waals surface area contributed by atoms with E-state index in [2.05, 4.69) is 6.92 Å². The summed E-state index contributed by atoms with van der Waals surface area (Å²) in [5, 5.41) is 0. The van der Waals surface area contributed by atoms with Crippen LogP contribution in [-0.2, 0) is 9.53 Å². The van der Waals surface area contributed by atoms with Gasteiger partial charge in [0.25, 0.3) is 0 Å². The lowest BCUT2D eigenvalue weighted by atomic mass is 10.1. The van der Waals surface area contributed by atoms with Crippen molar-refractivity contribution in [2.75, 3.05) is 18.1 Å². The third-order valence-corrected chi connectivity index (χ3v) is 4.71. The molecule has 0 N–H and O–H groups in total. The Hall–Kier alpha value is -0.180. The van der Waals surface area contributed by atoms with E-state index in [1.165, 1.54) is 89.7 Å². The number of carbonyl (C=O) groups excluding carboxylic acids is 1. The van der Waals surface area contributed by atoms with Crippen molar-refractivity contribution >= 4 is 17.7 Å². The molecule has 21 heavy (non-hydrogen) atoms. The Morgan fingerprint density at radius 2 is 1.24 bits per heavy atom. The Labute approximate surface area is 136 Å². The van der Waals surface area contributed by atoms with Gasteiger partial charge in [-0.2, -0.15) is 11.8 Å². The van der Waals surface area contributed by atoms with E-state index in [0.29, 0.717) is 6.61 Å². The fourth-order valence-corrected chi connectivity index (χ4v) is 3.21. The van der Waals surface area contributed by atoms with Gasteiger partial charge in [0.05, 0.1) is 0 Å². The highest BCUT2D eigenvalue weighted by atomic mass is 32.2. The number of unbranched alkanes of at least 4 members (excludes halogenated alkanes) is 11.